The number of nitrogens with zero attached hydrogens (tertiary/aromatic N) is 2. The van der Waals surface area contributed by atoms with Crippen LogP contribution in [0.25, 0.3) is 5.82 Å². The molecule has 0 bridgehead atoms. The van der Waals surface area contributed by atoms with Crippen LogP contribution < -0.4 is 11.3 Å². The second-order valence-electron chi connectivity index (χ2n) is 4.26. The van der Waals surface area contributed by atoms with Crippen LogP contribution in [0.3, 0.4) is 0 Å². The smallest absolute Gasteiger partial charge is 0.396 e. The maximum absolute atomic E-state index is 12.5. The van der Waals surface area contributed by atoms with E-state index < -0.39 is 34.7 Å². The van der Waals surface area contributed by atoms with Gasteiger partial charge in [0.05, 0.1) is 16.8 Å². The van der Waals surface area contributed by atoms with Crippen LogP contribution >= 0.6 is 0 Å². The van der Waals surface area contributed by atoms with Crippen molar-refractivity contribution < 1.29 is 26.3 Å². The summed E-state index contributed by atoms with van der Waals surface area (Å²) in [6.45, 7) is 0. The highest BCUT2D eigenvalue weighted by molar-refractivity contribution is 5.54. The average Bonchev–Trinajstić information content (AvgIpc) is 2.37. The van der Waals surface area contributed by atoms with Crippen molar-refractivity contribution in [3.8, 4) is 5.82 Å². The predicted octanol–water partition coefficient (Wildman–Crippen LogP) is 2.85. The SMILES string of the molecule is Nc1cc(C(F)(F)F)cnc1-n1ccc(C(F)(F)F)cc1=O. The van der Waals surface area contributed by atoms with E-state index in [1.807, 2.05) is 0 Å². The Balaban J connectivity index is 2.52. The average molecular weight is 323 g/mol. The molecule has 2 aromatic rings. The standard InChI is InChI=1S/C12H7F6N3O/c13-11(14,15)6-1-2-21(9(22)4-6)10-8(19)3-7(5-20-10)12(16,17)18/h1-5H,19H2. The van der Waals surface area contributed by atoms with Crippen LogP contribution in [0.4, 0.5) is 32.0 Å². The molecule has 0 unspecified atom stereocenters. The van der Waals surface area contributed by atoms with Gasteiger partial charge in [-0.15, -0.1) is 0 Å². The van der Waals surface area contributed by atoms with Gasteiger partial charge in [0.1, 0.15) is 0 Å². The molecule has 10 heteroatoms. The minimum atomic E-state index is -4.71. The van der Waals surface area contributed by atoms with Gasteiger partial charge in [0, 0.05) is 18.5 Å². The van der Waals surface area contributed by atoms with E-state index in [9.17, 15) is 31.1 Å². The van der Waals surface area contributed by atoms with Gasteiger partial charge in [-0.2, -0.15) is 26.3 Å². The van der Waals surface area contributed by atoms with Crippen LogP contribution in [0.15, 0.2) is 35.4 Å². The molecule has 2 N–H and O–H groups in total. The molecule has 2 rings (SSSR count). The number of alkyl halides is 6. The Hall–Kier alpha value is -2.52. The molecule has 0 saturated heterocycles. The van der Waals surface area contributed by atoms with Gasteiger partial charge in [-0.25, -0.2) is 4.98 Å². The second kappa shape index (κ2) is 5.04. The van der Waals surface area contributed by atoms with E-state index in [4.69, 9.17) is 5.73 Å². The van der Waals surface area contributed by atoms with Crippen molar-refractivity contribution in [1.29, 1.82) is 0 Å². The molecule has 4 nitrogen and oxygen atoms in total. The molecule has 118 valence electrons. The second-order valence-corrected chi connectivity index (χ2v) is 4.26. The molecule has 0 aliphatic heterocycles. The fraction of sp³-hybridized carbons (Fsp3) is 0.167. The van der Waals surface area contributed by atoms with Crippen LogP contribution in [0, 0.1) is 0 Å². The van der Waals surface area contributed by atoms with E-state index in [1.54, 1.807) is 0 Å². The Morgan fingerprint density at radius 1 is 1.00 bits per heavy atom. The summed E-state index contributed by atoms with van der Waals surface area (Å²) in [5.74, 6) is -0.383. The number of hydrogen-bond acceptors (Lipinski definition) is 3. The molecule has 0 amide bonds. The molecule has 0 fully saturated rings. The molecule has 22 heavy (non-hydrogen) atoms. The summed E-state index contributed by atoms with van der Waals surface area (Å²) in [5.41, 5.74) is 1.48. The zero-order valence-corrected chi connectivity index (χ0v) is 10.5. The van der Waals surface area contributed by atoms with Crippen molar-refractivity contribution in [2.24, 2.45) is 0 Å². The van der Waals surface area contributed by atoms with Crippen molar-refractivity contribution >= 4 is 5.69 Å². The highest BCUT2D eigenvalue weighted by Gasteiger charge is 2.32. The number of halogens is 6. The minimum absolute atomic E-state index is 0.304. The van der Waals surface area contributed by atoms with Gasteiger partial charge in [0.15, 0.2) is 5.82 Å². The molecular formula is C12H7F6N3O. The summed E-state index contributed by atoms with van der Waals surface area (Å²) < 4.78 is 75.4. The van der Waals surface area contributed by atoms with Gasteiger partial charge < -0.3 is 5.73 Å². The lowest BCUT2D eigenvalue weighted by atomic mass is 10.2. The van der Waals surface area contributed by atoms with E-state index in [1.165, 1.54) is 0 Å². The summed E-state index contributed by atoms with van der Waals surface area (Å²) in [7, 11) is 0. The van der Waals surface area contributed by atoms with Crippen molar-refractivity contribution in [2.45, 2.75) is 12.4 Å². The van der Waals surface area contributed by atoms with Gasteiger partial charge in [-0.05, 0) is 12.1 Å². The van der Waals surface area contributed by atoms with Crippen LogP contribution in [0.1, 0.15) is 11.1 Å². The Bertz CT molecular complexity index is 763. The van der Waals surface area contributed by atoms with E-state index >= 15 is 0 Å². The van der Waals surface area contributed by atoms with Crippen molar-refractivity contribution in [2.75, 3.05) is 5.73 Å². The molecular weight excluding hydrogens is 316 g/mol. The summed E-state index contributed by atoms with van der Waals surface area (Å²) in [4.78, 5) is 15.1. The normalized spacial score (nSPS) is 12.5. The monoisotopic (exact) mass is 323 g/mol. The van der Waals surface area contributed by atoms with Gasteiger partial charge in [-0.3, -0.25) is 9.36 Å². The van der Waals surface area contributed by atoms with E-state index in [-0.39, 0.29) is 5.82 Å². The molecule has 0 spiro atoms. The Labute approximate surface area is 118 Å². The molecule has 0 aliphatic carbocycles. The fourth-order valence-corrected chi connectivity index (χ4v) is 1.66. The molecule has 0 aromatic carbocycles. The highest BCUT2D eigenvalue weighted by Crippen LogP contribution is 2.31. The van der Waals surface area contributed by atoms with Crippen LogP contribution in [-0.4, -0.2) is 9.55 Å². The molecule has 0 aliphatic rings. The quantitative estimate of drug-likeness (QED) is 0.821. The lowest BCUT2D eigenvalue weighted by molar-refractivity contribution is -0.138. The van der Waals surface area contributed by atoms with Gasteiger partial charge in [0.2, 0.25) is 0 Å². The topological polar surface area (TPSA) is 60.9 Å². The number of hydrogen-bond donors (Lipinski definition) is 1. The first kappa shape index (κ1) is 15.9. The number of anilines is 1. The third-order valence-corrected chi connectivity index (χ3v) is 2.70. The maximum atomic E-state index is 12.5. The lowest BCUT2D eigenvalue weighted by Crippen LogP contribution is -2.22. The van der Waals surface area contributed by atoms with Crippen molar-refractivity contribution in [3.63, 3.8) is 0 Å². The molecule has 2 heterocycles. The molecule has 0 saturated carbocycles. The summed E-state index contributed by atoms with van der Waals surface area (Å²) in [6.07, 6.45) is -8.20. The lowest BCUT2D eigenvalue weighted by Gasteiger charge is -2.12. The Morgan fingerprint density at radius 2 is 1.59 bits per heavy atom. The van der Waals surface area contributed by atoms with Crippen molar-refractivity contribution in [1.82, 2.24) is 9.55 Å². The van der Waals surface area contributed by atoms with Crippen molar-refractivity contribution in [3.05, 3.63) is 52.1 Å². The first-order valence-corrected chi connectivity index (χ1v) is 5.63. The predicted molar refractivity (Wildman–Crippen MR) is 64.3 cm³/mol. The molecule has 0 radical (unpaired) electrons. The maximum Gasteiger partial charge on any atom is 0.417 e. The zero-order chi connectivity index (χ0) is 16.7. The van der Waals surface area contributed by atoms with Crippen LogP contribution in [-0.2, 0) is 12.4 Å². The third kappa shape index (κ3) is 3.05. The van der Waals surface area contributed by atoms with E-state index in [2.05, 4.69) is 4.98 Å². The minimum Gasteiger partial charge on any atom is -0.396 e. The summed E-state index contributed by atoms with van der Waals surface area (Å²) in [6, 6.07) is 1.45. The fourth-order valence-electron chi connectivity index (χ4n) is 1.66. The van der Waals surface area contributed by atoms with Crippen LogP contribution in [0.5, 0.6) is 0 Å². The summed E-state index contributed by atoms with van der Waals surface area (Å²) >= 11 is 0. The zero-order valence-electron chi connectivity index (χ0n) is 10.5. The van der Waals surface area contributed by atoms with Gasteiger partial charge in [0.25, 0.3) is 5.56 Å². The van der Waals surface area contributed by atoms with E-state index in [0.29, 0.717) is 29.0 Å². The number of aromatic nitrogens is 2. The molecule has 2 aromatic heterocycles. The highest BCUT2D eigenvalue weighted by atomic mass is 19.4. The Morgan fingerprint density at radius 3 is 2.05 bits per heavy atom. The Kier molecular flexibility index (Phi) is 3.63. The van der Waals surface area contributed by atoms with Gasteiger partial charge in [-0.1, -0.05) is 0 Å². The summed E-state index contributed by atoms with van der Waals surface area (Å²) in [5, 5.41) is 0. The molecule has 0 atom stereocenters. The first-order chi connectivity index (χ1) is 10.00. The number of pyridine rings is 2. The van der Waals surface area contributed by atoms with Gasteiger partial charge >= 0.3 is 12.4 Å². The van der Waals surface area contributed by atoms with E-state index in [0.717, 1.165) is 6.20 Å². The third-order valence-electron chi connectivity index (χ3n) is 2.70. The number of nitrogen functional groups attached to an aromatic ring is 1. The van der Waals surface area contributed by atoms with Crippen LogP contribution in [0.2, 0.25) is 0 Å². The largest absolute Gasteiger partial charge is 0.417 e. The number of rotatable bonds is 1. The number of nitrogens with two attached hydrogens (primary N) is 1. The first-order valence-electron chi connectivity index (χ1n) is 5.63.